The summed E-state index contributed by atoms with van der Waals surface area (Å²) in [5.74, 6) is -0.101. The normalized spacial score (nSPS) is 30.9. The molecule has 0 aromatic heterocycles. The van der Waals surface area contributed by atoms with E-state index in [1.165, 1.54) is 0 Å². The summed E-state index contributed by atoms with van der Waals surface area (Å²) in [6.45, 7) is 7.90. The van der Waals surface area contributed by atoms with Crippen LogP contribution in [-0.4, -0.2) is 23.7 Å². The van der Waals surface area contributed by atoms with Gasteiger partial charge < -0.3 is 4.74 Å². The van der Waals surface area contributed by atoms with Crippen molar-refractivity contribution >= 4 is 5.97 Å². The molecule has 2 atom stereocenters. The van der Waals surface area contributed by atoms with E-state index in [2.05, 4.69) is 12.2 Å². The highest BCUT2D eigenvalue weighted by Gasteiger charge is 2.41. The molecule has 1 rings (SSSR count). The molecule has 0 saturated carbocycles. The van der Waals surface area contributed by atoms with Gasteiger partial charge in [0.2, 0.25) is 0 Å². The van der Waals surface area contributed by atoms with E-state index < -0.39 is 5.54 Å². The van der Waals surface area contributed by atoms with Crippen molar-refractivity contribution in [3.05, 3.63) is 0 Å². The number of hydrogen-bond donors (Lipinski definition) is 1. The van der Waals surface area contributed by atoms with Gasteiger partial charge in [0.15, 0.2) is 0 Å². The van der Waals surface area contributed by atoms with Crippen LogP contribution in [0.4, 0.5) is 0 Å². The van der Waals surface area contributed by atoms with Crippen LogP contribution in [0.2, 0.25) is 0 Å². The number of hydrogen-bond acceptors (Lipinski definition) is 3. The number of carbonyl (C=O) groups excluding carboxylic acids is 1. The summed E-state index contributed by atoms with van der Waals surface area (Å²) in [7, 11) is 0. The molecule has 3 nitrogen and oxygen atoms in total. The maximum absolute atomic E-state index is 11.8. The number of rotatable bonds is 4. The minimum Gasteiger partial charge on any atom is -0.462 e. The zero-order valence-electron chi connectivity index (χ0n) is 10.3. The molecule has 88 valence electrons. The van der Waals surface area contributed by atoms with Gasteiger partial charge in [0.1, 0.15) is 5.54 Å². The molecule has 0 aromatic carbocycles. The van der Waals surface area contributed by atoms with Crippen LogP contribution < -0.4 is 5.32 Å². The van der Waals surface area contributed by atoms with Gasteiger partial charge in [0.25, 0.3) is 0 Å². The Hall–Kier alpha value is -0.570. The lowest BCUT2D eigenvalue weighted by Gasteiger charge is -2.25. The summed E-state index contributed by atoms with van der Waals surface area (Å²) in [5, 5.41) is 3.40. The number of carbonyl (C=O) groups is 1. The van der Waals surface area contributed by atoms with Crippen molar-refractivity contribution in [2.75, 3.05) is 0 Å². The van der Waals surface area contributed by atoms with E-state index >= 15 is 0 Å². The third kappa shape index (κ3) is 3.20. The molecule has 1 fully saturated rings. The average Bonchev–Trinajstić information content (AvgIpc) is 2.48. The maximum Gasteiger partial charge on any atom is 0.326 e. The van der Waals surface area contributed by atoms with E-state index in [1.54, 1.807) is 0 Å². The van der Waals surface area contributed by atoms with Crippen LogP contribution in [0.25, 0.3) is 0 Å². The molecule has 1 aliphatic heterocycles. The van der Waals surface area contributed by atoms with Crippen molar-refractivity contribution in [2.24, 2.45) is 0 Å². The molecule has 1 saturated heterocycles. The van der Waals surface area contributed by atoms with Crippen LogP contribution in [0.5, 0.6) is 0 Å². The first-order valence-electron chi connectivity index (χ1n) is 5.96. The van der Waals surface area contributed by atoms with Crippen LogP contribution in [0.1, 0.15) is 53.4 Å². The van der Waals surface area contributed by atoms with Crippen LogP contribution in [0, 0.1) is 0 Å². The first-order valence-corrected chi connectivity index (χ1v) is 5.96. The second-order valence-corrected chi connectivity index (χ2v) is 4.95. The smallest absolute Gasteiger partial charge is 0.326 e. The van der Waals surface area contributed by atoms with Gasteiger partial charge in [-0.25, -0.2) is 0 Å². The molecule has 0 bridgehead atoms. The number of nitrogens with one attached hydrogen (secondary N) is 1. The largest absolute Gasteiger partial charge is 0.462 e. The van der Waals surface area contributed by atoms with Crippen molar-refractivity contribution in [3.63, 3.8) is 0 Å². The lowest BCUT2D eigenvalue weighted by Crippen LogP contribution is -2.48. The Balaban J connectivity index is 2.50. The second kappa shape index (κ2) is 4.97. The van der Waals surface area contributed by atoms with Crippen molar-refractivity contribution in [1.82, 2.24) is 5.32 Å². The third-order valence-electron chi connectivity index (χ3n) is 2.95. The van der Waals surface area contributed by atoms with E-state index in [4.69, 9.17) is 4.74 Å². The Morgan fingerprint density at radius 3 is 2.80 bits per heavy atom. The molecule has 0 amide bonds. The summed E-state index contributed by atoms with van der Waals surface area (Å²) in [6.07, 6.45) is 4.25. The van der Waals surface area contributed by atoms with Gasteiger partial charge >= 0.3 is 5.97 Å². The van der Waals surface area contributed by atoms with Crippen molar-refractivity contribution in [1.29, 1.82) is 0 Å². The fraction of sp³-hybridized carbons (Fsp3) is 0.917. The minimum absolute atomic E-state index is 0.0265. The molecule has 0 aromatic rings. The molecule has 15 heavy (non-hydrogen) atoms. The zero-order chi connectivity index (χ0) is 11.5. The molecule has 0 spiro atoms. The topological polar surface area (TPSA) is 38.3 Å². The van der Waals surface area contributed by atoms with Gasteiger partial charge in [-0.3, -0.25) is 10.1 Å². The molecule has 1 N–H and O–H groups in total. The predicted molar refractivity (Wildman–Crippen MR) is 60.7 cm³/mol. The number of ether oxygens (including phenoxy) is 1. The Kier molecular flexibility index (Phi) is 4.14. The Morgan fingerprint density at radius 1 is 1.60 bits per heavy atom. The molecule has 1 heterocycles. The van der Waals surface area contributed by atoms with Crippen LogP contribution in [-0.2, 0) is 9.53 Å². The summed E-state index contributed by atoms with van der Waals surface area (Å²) in [6, 6.07) is 0.486. The van der Waals surface area contributed by atoms with Gasteiger partial charge in [0.05, 0.1) is 6.10 Å². The Morgan fingerprint density at radius 2 is 2.27 bits per heavy atom. The second-order valence-electron chi connectivity index (χ2n) is 4.95. The van der Waals surface area contributed by atoms with Gasteiger partial charge in [-0.1, -0.05) is 13.3 Å². The SMILES string of the molecule is CCCC1CCC(C)(C(=O)OC(C)C)N1. The first-order chi connectivity index (χ1) is 6.98. The standard InChI is InChI=1S/C12H23NO2/c1-5-6-10-7-8-12(4,13-10)11(14)15-9(2)3/h9-10,13H,5-8H2,1-4H3. The van der Waals surface area contributed by atoms with Gasteiger partial charge in [-0.05, 0) is 40.0 Å². The first kappa shape index (κ1) is 12.5. The van der Waals surface area contributed by atoms with Crippen molar-refractivity contribution in [3.8, 4) is 0 Å². The van der Waals surface area contributed by atoms with E-state index in [9.17, 15) is 4.79 Å². The van der Waals surface area contributed by atoms with E-state index in [-0.39, 0.29) is 12.1 Å². The summed E-state index contributed by atoms with van der Waals surface area (Å²) in [4.78, 5) is 11.8. The summed E-state index contributed by atoms with van der Waals surface area (Å²) < 4.78 is 5.26. The van der Waals surface area contributed by atoms with Crippen molar-refractivity contribution < 1.29 is 9.53 Å². The molecule has 1 aliphatic rings. The highest BCUT2D eigenvalue weighted by Crippen LogP contribution is 2.26. The van der Waals surface area contributed by atoms with E-state index in [0.717, 1.165) is 25.7 Å². The molecular weight excluding hydrogens is 190 g/mol. The minimum atomic E-state index is -0.454. The van der Waals surface area contributed by atoms with Crippen LogP contribution in [0.15, 0.2) is 0 Å². The quantitative estimate of drug-likeness (QED) is 0.728. The maximum atomic E-state index is 11.8. The summed E-state index contributed by atoms with van der Waals surface area (Å²) in [5.41, 5.74) is -0.454. The number of esters is 1. The van der Waals surface area contributed by atoms with Gasteiger partial charge in [-0.2, -0.15) is 0 Å². The highest BCUT2D eigenvalue weighted by atomic mass is 16.5. The zero-order valence-corrected chi connectivity index (χ0v) is 10.3. The van der Waals surface area contributed by atoms with Gasteiger partial charge in [0, 0.05) is 6.04 Å². The van der Waals surface area contributed by atoms with Crippen LogP contribution in [0.3, 0.4) is 0 Å². The Bertz CT molecular complexity index is 228. The lowest BCUT2D eigenvalue weighted by molar-refractivity contribution is -0.154. The van der Waals surface area contributed by atoms with Crippen molar-refractivity contribution in [2.45, 2.75) is 71.1 Å². The molecule has 3 heteroatoms. The summed E-state index contributed by atoms with van der Waals surface area (Å²) >= 11 is 0. The fourth-order valence-electron chi connectivity index (χ4n) is 2.13. The van der Waals surface area contributed by atoms with E-state index in [0.29, 0.717) is 6.04 Å². The molecular formula is C12H23NO2. The predicted octanol–water partition coefficient (Wildman–Crippen LogP) is 2.25. The third-order valence-corrected chi connectivity index (χ3v) is 2.95. The lowest BCUT2D eigenvalue weighted by atomic mass is 10.0. The monoisotopic (exact) mass is 213 g/mol. The molecule has 0 radical (unpaired) electrons. The molecule has 2 unspecified atom stereocenters. The highest BCUT2D eigenvalue weighted by molar-refractivity contribution is 5.81. The van der Waals surface area contributed by atoms with E-state index in [1.807, 2.05) is 20.8 Å². The Labute approximate surface area is 92.6 Å². The van der Waals surface area contributed by atoms with Crippen LogP contribution >= 0.6 is 0 Å². The van der Waals surface area contributed by atoms with Gasteiger partial charge in [-0.15, -0.1) is 0 Å². The average molecular weight is 213 g/mol. The molecule has 0 aliphatic carbocycles. The fourth-order valence-corrected chi connectivity index (χ4v) is 2.13.